The molecule has 0 spiro atoms. The largest absolute Gasteiger partial charge is 0.399 e. The molecule has 0 heterocycles. The standard InChI is InChI=1S/C13H9BrFN3O2S/c14-11-6-9(17)1-4-13(11)21(19,20)18-10-2-3-12(15)8(5-10)7-16/h1-6,18H,17H2. The lowest BCUT2D eigenvalue weighted by Gasteiger charge is -2.10. The maximum absolute atomic E-state index is 13.2. The molecular weight excluding hydrogens is 361 g/mol. The van der Waals surface area contributed by atoms with Gasteiger partial charge < -0.3 is 5.73 Å². The lowest BCUT2D eigenvalue weighted by molar-refractivity contribution is 0.600. The Labute approximate surface area is 129 Å². The number of benzene rings is 2. The van der Waals surface area contributed by atoms with Crippen molar-refractivity contribution in [2.24, 2.45) is 0 Å². The van der Waals surface area contributed by atoms with Gasteiger partial charge in [0.15, 0.2) is 0 Å². The fourth-order valence-corrected chi connectivity index (χ4v) is 3.77. The summed E-state index contributed by atoms with van der Waals surface area (Å²) in [6.07, 6.45) is 0. The summed E-state index contributed by atoms with van der Waals surface area (Å²) in [6.45, 7) is 0. The molecule has 0 bridgehead atoms. The first kappa shape index (κ1) is 15.3. The third-order valence-electron chi connectivity index (χ3n) is 2.58. The first-order chi connectivity index (χ1) is 9.83. The van der Waals surface area contributed by atoms with Crippen LogP contribution in [0.4, 0.5) is 15.8 Å². The average molecular weight is 370 g/mol. The summed E-state index contributed by atoms with van der Waals surface area (Å²) < 4.78 is 40.3. The Morgan fingerprint density at radius 3 is 2.57 bits per heavy atom. The number of hydrogen-bond donors (Lipinski definition) is 2. The molecule has 8 heteroatoms. The summed E-state index contributed by atoms with van der Waals surface area (Å²) in [5.74, 6) is -0.714. The van der Waals surface area contributed by atoms with Crippen LogP contribution in [0, 0.1) is 17.1 Å². The van der Waals surface area contributed by atoms with Crippen molar-refractivity contribution in [2.45, 2.75) is 4.90 Å². The van der Waals surface area contributed by atoms with Crippen molar-refractivity contribution in [3.8, 4) is 6.07 Å². The number of nitrogens with zero attached hydrogens (tertiary/aromatic N) is 1. The Morgan fingerprint density at radius 2 is 1.95 bits per heavy atom. The fourth-order valence-electron chi connectivity index (χ4n) is 1.62. The smallest absolute Gasteiger partial charge is 0.263 e. The van der Waals surface area contributed by atoms with E-state index in [4.69, 9.17) is 11.0 Å². The topological polar surface area (TPSA) is 96.0 Å². The number of nitrogen functional groups attached to an aromatic ring is 1. The highest BCUT2D eigenvalue weighted by molar-refractivity contribution is 9.10. The van der Waals surface area contributed by atoms with E-state index in [0.717, 1.165) is 12.1 Å². The summed E-state index contributed by atoms with van der Waals surface area (Å²) >= 11 is 3.12. The van der Waals surface area contributed by atoms with E-state index in [2.05, 4.69) is 20.7 Å². The van der Waals surface area contributed by atoms with E-state index in [1.807, 2.05) is 0 Å². The van der Waals surface area contributed by atoms with Crippen molar-refractivity contribution in [3.63, 3.8) is 0 Å². The zero-order valence-corrected chi connectivity index (χ0v) is 12.9. The highest BCUT2D eigenvalue weighted by Gasteiger charge is 2.18. The molecular formula is C13H9BrFN3O2S. The number of nitrogens with one attached hydrogen (secondary N) is 1. The molecule has 0 aliphatic heterocycles. The van der Waals surface area contributed by atoms with Gasteiger partial charge in [0.1, 0.15) is 16.8 Å². The summed E-state index contributed by atoms with van der Waals surface area (Å²) in [5.41, 5.74) is 5.82. The molecule has 0 amide bonds. The van der Waals surface area contributed by atoms with Gasteiger partial charge in [-0.3, -0.25) is 4.72 Å². The van der Waals surface area contributed by atoms with Crippen LogP contribution in [0.2, 0.25) is 0 Å². The minimum atomic E-state index is -3.88. The van der Waals surface area contributed by atoms with E-state index < -0.39 is 15.8 Å². The monoisotopic (exact) mass is 369 g/mol. The van der Waals surface area contributed by atoms with Gasteiger partial charge in [0.25, 0.3) is 10.0 Å². The van der Waals surface area contributed by atoms with Crippen molar-refractivity contribution >= 4 is 37.3 Å². The van der Waals surface area contributed by atoms with E-state index in [0.29, 0.717) is 10.2 Å². The predicted octanol–water partition coefficient (Wildman–Crippen LogP) is 2.84. The molecule has 108 valence electrons. The summed E-state index contributed by atoms with van der Waals surface area (Å²) in [4.78, 5) is -0.0143. The normalized spacial score (nSPS) is 10.9. The van der Waals surface area contributed by atoms with Gasteiger partial charge in [-0.05, 0) is 52.3 Å². The first-order valence-corrected chi connectivity index (χ1v) is 7.88. The van der Waals surface area contributed by atoms with Crippen LogP contribution < -0.4 is 10.5 Å². The van der Waals surface area contributed by atoms with Gasteiger partial charge in [-0.1, -0.05) is 0 Å². The van der Waals surface area contributed by atoms with E-state index in [1.54, 1.807) is 6.07 Å². The molecule has 0 aliphatic carbocycles. The van der Waals surface area contributed by atoms with Crippen molar-refractivity contribution in [2.75, 3.05) is 10.5 Å². The number of nitrogens with two attached hydrogens (primary N) is 1. The number of hydrogen-bond acceptors (Lipinski definition) is 4. The molecule has 0 saturated heterocycles. The maximum Gasteiger partial charge on any atom is 0.263 e. The molecule has 3 N–H and O–H groups in total. The van der Waals surface area contributed by atoms with Crippen LogP contribution in [-0.2, 0) is 10.0 Å². The minimum Gasteiger partial charge on any atom is -0.399 e. The third-order valence-corrected chi connectivity index (χ3v) is 4.94. The molecule has 21 heavy (non-hydrogen) atoms. The Morgan fingerprint density at radius 1 is 1.24 bits per heavy atom. The molecule has 2 aromatic rings. The SMILES string of the molecule is N#Cc1cc(NS(=O)(=O)c2ccc(N)cc2Br)ccc1F. The zero-order chi connectivity index (χ0) is 15.6. The van der Waals surface area contributed by atoms with Crippen molar-refractivity contribution in [3.05, 3.63) is 52.3 Å². The second-order valence-electron chi connectivity index (χ2n) is 4.10. The van der Waals surface area contributed by atoms with Gasteiger partial charge in [0.05, 0.1) is 11.3 Å². The number of rotatable bonds is 3. The summed E-state index contributed by atoms with van der Waals surface area (Å²) in [6, 6.07) is 9.28. The van der Waals surface area contributed by atoms with Crippen molar-refractivity contribution in [1.29, 1.82) is 5.26 Å². The van der Waals surface area contributed by atoms with E-state index in [9.17, 15) is 12.8 Å². The highest BCUT2D eigenvalue weighted by Crippen LogP contribution is 2.26. The minimum absolute atomic E-state index is 0.0143. The van der Waals surface area contributed by atoms with Crippen molar-refractivity contribution in [1.82, 2.24) is 0 Å². The van der Waals surface area contributed by atoms with Crippen LogP contribution in [-0.4, -0.2) is 8.42 Å². The summed E-state index contributed by atoms with van der Waals surface area (Å²) in [5, 5.41) is 8.74. The van der Waals surface area contributed by atoms with Crippen LogP contribution in [0.15, 0.2) is 45.8 Å². The van der Waals surface area contributed by atoms with Crippen LogP contribution >= 0.6 is 15.9 Å². The molecule has 2 aromatic carbocycles. The molecule has 5 nitrogen and oxygen atoms in total. The molecule has 0 radical (unpaired) electrons. The quantitative estimate of drug-likeness (QED) is 0.812. The van der Waals surface area contributed by atoms with Crippen LogP contribution in [0.25, 0.3) is 0 Å². The highest BCUT2D eigenvalue weighted by atomic mass is 79.9. The second kappa shape index (κ2) is 5.71. The van der Waals surface area contributed by atoms with Crippen LogP contribution in [0.3, 0.4) is 0 Å². The third kappa shape index (κ3) is 3.32. The Kier molecular flexibility index (Phi) is 4.16. The van der Waals surface area contributed by atoms with Gasteiger partial charge in [0, 0.05) is 10.2 Å². The molecule has 0 aromatic heterocycles. The number of sulfonamides is 1. The first-order valence-electron chi connectivity index (χ1n) is 5.61. The van der Waals surface area contributed by atoms with Gasteiger partial charge in [0.2, 0.25) is 0 Å². The van der Waals surface area contributed by atoms with Gasteiger partial charge in [-0.25, -0.2) is 12.8 Å². The summed E-state index contributed by atoms with van der Waals surface area (Å²) in [7, 11) is -3.88. The van der Waals surface area contributed by atoms with Crippen molar-refractivity contribution < 1.29 is 12.8 Å². The Balaban J connectivity index is 2.40. The number of nitriles is 1. The predicted molar refractivity (Wildman–Crippen MR) is 80.5 cm³/mol. The average Bonchev–Trinajstić information content (AvgIpc) is 2.40. The number of halogens is 2. The molecule has 2 rings (SSSR count). The van der Waals surface area contributed by atoms with Crippen LogP contribution in [0.5, 0.6) is 0 Å². The molecule has 0 aliphatic rings. The Bertz CT molecular complexity index is 847. The van der Waals surface area contributed by atoms with E-state index in [1.165, 1.54) is 24.3 Å². The van der Waals surface area contributed by atoms with Crippen LogP contribution in [0.1, 0.15) is 5.56 Å². The molecule has 0 unspecified atom stereocenters. The lowest BCUT2D eigenvalue weighted by atomic mass is 10.2. The number of anilines is 2. The lowest BCUT2D eigenvalue weighted by Crippen LogP contribution is -2.14. The Hall–Kier alpha value is -2.11. The zero-order valence-electron chi connectivity index (χ0n) is 10.5. The van der Waals surface area contributed by atoms with Gasteiger partial charge in [-0.15, -0.1) is 0 Å². The fraction of sp³-hybridized carbons (Fsp3) is 0. The van der Waals surface area contributed by atoms with E-state index >= 15 is 0 Å². The molecule has 0 fully saturated rings. The van der Waals surface area contributed by atoms with Gasteiger partial charge in [-0.2, -0.15) is 5.26 Å². The maximum atomic E-state index is 13.2. The van der Waals surface area contributed by atoms with Gasteiger partial charge >= 0.3 is 0 Å². The molecule has 0 atom stereocenters. The molecule has 0 saturated carbocycles. The van der Waals surface area contributed by atoms with E-state index in [-0.39, 0.29) is 16.1 Å². The second-order valence-corrected chi connectivity index (χ2v) is 6.61.